The van der Waals surface area contributed by atoms with Crippen molar-refractivity contribution >= 4 is 16.5 Å². The monoisotopic (exact) mass is 289 g/mol. The Balaban J connectivity index is 1.68. The van der Waals surface area contributed by atoms with E-state index in [2.05, 4.69) is 34.2 Å². The van der Waals surface area contributed by atoms with Crippen LogP contribution < -0.4 is 4.90 Å². The molecule has 3 rings (SSSR count). The number of hydrogen-bond donors (Lipinski definition) is 1. The molecule has 1 aromatic carbocycles. The lowest BCUT2D eigenvalue weighted by Crippen LogP contribution is -2.42. The molecule has 5 heteroatoms. The van der Waals surface area contributed by atoms with Gasteiger partial charge in [-0.2, -0.15) is 0 Å². The van der Waals surface area contributed by atoms with Crippen molar-refractivity contribution in [2.45, 2.75) is 25.9 Å². The zero-order valence-electron chi connectivity index (χ0n) is 11.6. The Morgan fingerprint density at radius 1 is 1.30 bits per heavy atom. The fourth-order valence-electron chi connectivity index (χ4n) is 2.44. The van der Waals surface area contributed by atoms with Gasteiger partial charge in [0.2, 0.25) is 5.13 Å². The van der Waals surface area contributed by atoms with Crippen LogP contribution >= 0.6 is 11.3 Å². The van der Waals surface area contributed by atoms with E-state index in [-0.39, 0.29) is 6.10 Å². The summed E-state index contributed by atoms with van der Waals surface area (Å²) >= 11 is 1.63. The van der Waals surface area contributed by atoms with Crippen LogP contribution in [0.5, 0.6) is 0 Å². The first-order chi connectivity index (χ1) is 9.72. The predicted octanol–water partition coefficient (Wildman–Crippen LogP) is 2.34. The first-order valence-electron chi connectivity index (χ1n) is 7.01. The number of benzene rings is 1. The SMILES string of the molecule is CC1CCN(c2nnc(Cc3ccccc3)s2)CC1O. The van der Waals surface area contributed by atoms with Gasteiger partial charge in [-0.05, 0) is 17.9 Å². The second kappa shape index (κ2) is 5.89. The van der Waals surface area contributed by atoms with Gasteiger partial charge in [0.05, 0.1) is 6.10 Å². The van der Waals surface area contributed by atoms with Gasteiger partial charge in [0.25, 0.3) is 0 Å². The molecule has 0 aliphatic carbocycles. The fourth-order valence-corrected chi connectivity index (χ4v) is 3.34. The summed E-state index contributed by atoms with van der Waals surface area (Å²) in [5, 5.41) is 20.5. The molecular formula is C15H19N3OS. The highest BCUT2D eigenvalue weighted by Gasteiger charge is 2.26. The predicted molar refractivity (Wildman–Crippen MR) is 81.2 cm³/mol. The third kappa shape index (κ3) is 2.99. The Kier molecular flexibility index (Phi) is 3.98. The summed E-state index contributed by atoms with van der Waals surface area (Å²) in [6.45, 7) is 3.72. The molecule has 0 spiro atoms. The lowest BCUT2D eigenvalue weighted by Gasteiger charge is -2.33. The van der Waals surface area contributed by atoms with Crippen molar-refractivity contribution in [3.05, 3.63) is 40.9 Å². The molecule has 0 radical (unpaired) electrons. The maximum Gasteiger partial charge on any atom is 0.208 e. The van der Waals surface area contributed by atoms with Crippen molar-refractivity contribution in [1.82, 2.24) is 10.2 Å². The van der Waals surface area contributed by atoms with Crippen molar-refractivity contribution in [1.29, 1.82) is 0 Å². The molecule has 2 heterocycles. The van der Waals surface area contributed by atoms with Gasteiger partial charge in [0.15, 0.2) is 0 Å². The second-order valence-corrected chi connectivity index (χ2v) is 6.46. The minimum absolute atomic E-state index is 0.259. The lowest BCUT2D eigenvalue weighted by molar-refractivity contribution is 0.103. The standard InChI is InChI=1S/C15H19N3OS/c1-11-7-8-18(10-13(11)19)15-17-16-14(20-15)9-12-5-3-2-4-6-12/h2-6,11,13,19H,7-10H2,1H3. The molecular weight excluding hydrogens is 270 g/mol. The van der Waals surface area contributed by atoms with Crippen LogP contribution in [0.25, 0.3) is 0 Å². The minimum atomic E-state index is -0.259. The maximum absolute atomic E-state index is 9.97. The van der Waals surface area contributed by atoms with Crippen molar-refractivity contribution in [2.75, 3.05) is 18.0 Å². The van der Waals surface area contributed by atoms with Crippen LogP contribution in [0.1, 0.15) is 23.9 Å². The summed E-state index contributed by atoms with van der Waals surface area (Å²) in [5.74, 6) is 0.378. The summed E-state index contributed by atoms with van der Waals surface area (Å²) in [6.07, 6.45) is 1.57. The number of anilines is 1. The number of aliphatic hydroxyl groups is 1. The molecule has 1 aliphatic heterocycles. The van der Waals surface area contributed by atoms with Crippen LogP contribution in [0.3, 0.4) is 0 Å². The van der Waals surface area contributed by atoms with Crippen molar-refractivity contribution < 1.29 is 5.11 Å². The Bertz CT molecular complexity index is 557. The van der Waals surface area contributed by atoms with Crippen LogP contribution in [0.2, 0.25) is 0 Å². The maximum atomic E-state index is 9.97. The number of hydrogen-bond acceptors (Lipinski definition) is 5. The Hall–Kier alpha value is -1.46. The number of β-amino-alcohol motifs (C(OH)–C–C–N with tert-alkyl or cyclic N) is 1. The highest BCUT2D eigenvalue weighted by atomic mass is 32.1. The molecule has 1 N–H and O–H groups in total. The van der Waals surface area contributed by atoms with Gasteiger partial charge in [-0.3, -0.25) is 0 Å². The quantitative estimate of drug-likeness (QED) is 0.942. The Morgan fingerprint density at radius 3 is 2.85 bits per heavy atom. The van der Waals surface area contributed by atoms with Crippen LogP contribution in [0.15, 0.2) is 30.3 Å². The third-order valence-electron chi connectivity index (χ3n) is 3.84. The summed E-state index contributed by atoms with van der Waals surface area (Å²) < 4.78 is 0. The van der Waals surface area contributed by atoms with Gasteiger partial charge in [-0.25, -0.2) is 0 Å². The Morgan fingerprint density at radius 2 is 2.10 bits per heavy atom. The highest BCUT2D eigenvalue weighted by Crippen LogP contribution is 2.27. The van der Waals surface area contributed by atoms with Gasteiger partial charge in [-0.15, -0.1) is 10.2 Å². The summed E-state index contributed by atoms with van der Waals surface area (Å²) in [6, 6.07) is 10.3. The van der Waals surface area contributed by atoms with Crippen molar-refractivity contribution in [3.63, 3.8) is 0 Å². The topological polar surface area (TPSA) is 49.2 Å². The average Bonchev–Trinajstić information content (AvgIpc) is 2.91. The molecule has 106 valence electrons. The largest absolute Gasteiger partial charge is 0.391 e. The second-order valence-electron chi connectivity index (χ2n) is 5.42. The van der Waals surface area contributed by atoms with E-state index in [4.69, 9.17) is 0 Å². The zero-order chi connectivity index (χ0) is 13.9. The van der Waals surface area contributed by atoms with E-state index in [1.807, 2.05) is 18.2 Å². The van der Waals surface area contributed by atoms with E-state index < -0.39 is 0 Å². The van der Waals surface area contributed by atoms with E-state index in [1.54, 1.807) is 11.3 Å². The van der Waals surface area contributed by atoms with Gasteiger partial charge in [0, 0.05) is 19.5 Å². The van der Waals surface area contributed by atoms with E-state index in [0.717, 1.165) is 29.5 Å². The molecule has 1 saturated heterocycles. The van der Waals surface area contributed by atoms with Gasteiger partial charge >= 0.3 is 0 Å². The number of nitrogens with zero attached hydrogens (tertiary/aromatic N) is 3. The van der Waals surface area contributed by atoms with Crippen LogP contribution in [0, 0.1) is 5.92 Å². The van der Waals surface area contributed by atoms with Crippen LogP contribution in [-0.2, 0) is 6.42 Å². The smallest absolute Gasteiger partial charge is 0.208 e. The molecule has 0 amide bonds. The third-order valence-corrected chi connectivity index (χ3v) is 4.83. The first-order valence-corrected chi connectivity index (χ1v) is 7.83. The molecule has 0 bridgehead atoms. The number of aliphatic hydroxyl groups excluding tert-OH is 1. The van der Waals surface area contributed by atoms with E-state index >= 15 is 0 Å². The molecule has 1 fully saturated rings. The van der Waals surface area contributed by atoms with E-state index in [1.165, 1.54) is 5.56 Å². The Labute approximate surface area is 123 Å². The zero-order valence-corrected chi connectivity index (χ0v) is 12.4. The number of rotatable bonds is 3. The molecule has 0 saturated carbocycles. The van der Waals surface area contributed by atoms with Crippen molar-refractivity contribution in [3.8, 4) is 0 Å². The lowest BCUT2D eigenvalue weighted by atomic mass is 9.96. The normalized spacial score (nSPS) is 23.0. The molecule has 1 aromatic heterocycles. The summed E-state index contributed by atoms with van der Waals surface area (Å²) in [4.78, 5) is 2.15. The number of piperidine rings is 1. The van der Waals surface area contributed by atoms with E-state index in [0.29, 0.717) is 12.5 Å². The van der Waals surface area contributed by atoms with Gasteiger partial charge in [0.1, 0.15) is 5.01 Å². The van der Waals surface area contributed by atoms with Gasteiger partial charge < -0.3 is 10.0 Å². The molecule has 4 nitrogen and oxygen atoms in total. The molecule has 2 atom stereocenters. The van der Waals surface area contributed by atoms with Crippen LogP contribution in [-0.4, -0.2) is 34.5 Å². The van der Waals surface area contributed by atoms with Gasteiger partial charge in [-0.1, -0.05) is 48.6 Å². The molecule has 2 unspecified atom stereocenters. The van der Waals surface area contributed by atoms with E-state index in [9.17, 15) is 5.11 Å². The molecule has 20 heavy (non-hydrogen) atoms. The number of aromatic nitrogens is 2. The molecule has 1 aliphatic rings. The summed E-state index contributed by atoms with van der Waals surface area (Å²) in [5.41, 5.74) is 1.25. The first kappa shape index (κ1) is 13.5. The summed E-state index contributed by atoms with van der Waals surface area (Å²) in [7, 11) is 0. The molecule has 2 aromatic rings. The minimum Gasteiger partial charge on any atom is -0.391 e. The van der Waals surface area contributed by atoms with Crippen LogP contribution in [0.4, 0.5) is 5.13 Å². The fraction of sp³-hybridized carbons (Fsp3) is 0.467. The average molecular weight is 289 g/mol. The highest BCUT2D eigenvalue weighted by molar-refractivity contribution is 7.15. The van der Waals surface area contributed by atoms with Crippen molar-refractivity contribution in [2.24, 2.45) is 5.92 Å².